The number of Topliss-reactive ketones (excluding diaryl/α,β-unsaturated/α-hetero) is 1. The molecule has 6 N–H and O–H groups in total. The molecule has 45 heavy (non-hydrogen) atoms. The second-order valence-electron chi connectivity index (χ2n) is 12.1. The van der Waals surface area contributed by atoms with Crippen molar-refractivity contribution in [3.05, 3.63) is 78.4 Å². The maximum atomic E-state index is 14.0. The fraction of sp³-hybridized carbons (Fsp3) is 0.343. The Kier molecular flexibility index (Phi) is 7.46. The number of allylic oxidation sites excluding steroid dienone is 1. The molecule has 8 bridgehead atoms. The Morgan fingerprint density at radius 2 is 1.78 bits per heavy atom. The number of fused-ring (bicyclic) bond motifs is 8. The Morgan fingerprint density at radius 1 is 1.04 bits per heavy atom. The number of carbonyl (C=O) groups is 3. The molecule has 3 aliphatic rings. The van der Waals surface area contributed by atoms with Gasteiger partial charge in [0.1, 0.15) is 5.92 Å². The van der Waals surface area contributed by atoms with Crippen molar-refractivity contribution in [3.8, 4) is 0 Å². The second-order valence-corrected chi connectivity index (χ2v) is 12.1. The highest BCUT2D eigenvalue weighted by atomic mass is 16.5. The third kappa shape index (κ3) is 4.58. The van der Waals surface area contributed by atoms with Crippen LogP contribution >= 0.6 is 0 Å². The van der Waals surface area contributed by atoms with Crippen molar-refractivity contribution in [3.63, 3.8) is 0 Å². The maximum Gasteiger partial charge on any atom is 0.320 e. The van der Waals surface area contributed by atoms with Crippen LogP contribution in [0.4, 0.5) is 0 Å². The summed E-state index contributed by atoms with van der Waals surface area (Å²) < 4.78 is 5.15. The highest BCUT2D eigenvalue weighted by Gasteiger charge is 2.49. The Morgan fingerprint density at radius 3 is 2.42 bits per heavy atom. The van der Waals surface area contributed by atoms with Gasteiger partial charge in [0.2, 0.25) is 0 Å². The molecule has 1 fully saturated rings. The van der Waals surface area contributed by atoms with Crippen molar-refractivity contribution in [1.29, 1.82) is 0 Å². The van der Waals surface area contributed by atoms with Gasteiger partial charge < -0.3 is 35.2 Å². The topological polar surface area (TPSA) is 160 Å². The van der Waals surface area contributed by atoms with Crippen LogP contribution in [0.3, 0.4) is 0 Å². The van der Waals surface area contributed by atoms with E-state index in [1.54, 1.807) is 6.08 Å². The number of nitrogens with one attached hydrogen (secondary N) is 4. The molecule has 5 heterocycles. The van der Waals surface area contributed by atoms with E-state index in [0.29, 0.717) is 50.8 Å². The number of methoxy groups -OCH3 is 1. The molecule has 2 aliphatic heterocycles. The van der Waals surface area contributed by atoms with E-state index in [-0.39, 0.29) is 24.0 Å². The predicted molar refractivity (Wildman–Crippen MR) is 172 cm³/mol. The first-order valence-corrected chi connectivity index (χ1v) is 15.2. The summed E-state index contributed by atoms with van der Waals surface area (Å²) in [7, 11) is 1.27. The average Bonchev–Trinajstić information content (AvgIpc) is 3.76. The van der Waals surface area contributed by atoms with Crippen LogP contribution in [0.25, 0.3) is 36.1 Å². The van der Waals surface area contributed by atoms with Crippen LogP contribution in [0.15, 0.2) is 12.3 Å². The first-order chi connectivity index (χ1) is 21.5. The zero-order valence-corrected chi connectivity index (χ0v) is 26.1. The molecule has 3 aromatic heterocycles. The molecule has 10 heteroatoms. The number of carboxylic acids is 1. The Bertz CT molecular complexity index is 2070. The molecule has 4 atom stereocenters. The van der Waals surface area contributed by atoms with Crippen LogP contribution in [0.5, 0.6) is 0 Å². The molecule has 0 aromatic carbocycles. The van der Waals surface area contributed by atoms with E-state index in [2.05, 4.69) is 26.8 Å². The first kappa shape index (κ1) is 30.1. The van der Waals surface area contributed by atoms with Gasteiger partial charge in [0, 0.05) is 56.8 Å². The van der Waals surface area contributed by atoms with Gasteiger partial charge in [0.15, 0.2) is 5.78 Å². The SMILES string of the molecule is C=Cc1c2[nH]c(c1C)/C=C1\NC(C3=c4[nH]/c(c(C)c4C(=O)[C@@H]3C(=O)OC)=C\c3[nH]c(/c(=C\O)c3CC)=C\2)[C@@H](CCC(=O)O)[C@@H]1C. The molecule has 6 rings (SSSR count). The fourth-order valence-corrected chi connectivity index (χ4v) is 7.50. The van der Waals surface area contributed by atoms with Gasteiger partial charge >= 0.3 is 11.9 Å². The van der Waals surface area contributed by atoms with E-state index in [9.17, 15) is 24.6 Å². The minimum absolute atomic E-state index is 0.0551. The minimum atomic E-state index is -1.15. The standard InChI is InChI=1S/C35H38N4O6/c1-7-18-15(3)22-11-23-16(4)20(9-10-28(41)42)32(38-23)30-31(35(44)45-6)34(43)29-17(5)24(39-33(29)30)12-26-19(8-2)21(14-40)27(37-26)13-25(18)36-22/h7,11-14,16,20,31-32,36-40H,1,8-10H2,2-6H3,(H,41,42)/b21-14-,23-11-,24-12-,27-13-/t16-,20-,31+,32?/m0/s1. The zero-order valence-electron chi connectivity index (χ0n) is 26.1. The number of aliphatic hydroxyl groups is 1. The van der Waals surface area contributed by atoms with Gasteiger partial charge in [-0.1, -0.05) is 26.5 Å². The average molecular weight is 611 g/mol. The molecule has 1 unspecified atom stereocenters. The number of hydrogen-bond donors (Lipinski definition) is 6. The lowest BCUT2D eigenvalue weighted by molar-refractivity contribution is -0.142. The number of H-pyrrole nitrogens is 3. The number of rotatable bonds is 6. The van der Waals surface area contributed by atoms with Crippen LogP contribution in [-0.4, -0.2) is 56.0 Å². The molecule has 0 amide bonds. The zero-order chi connectivity index (χ0) is 32.3. The highest BCUT2D eigenvalue weighted by Crippen LogP contribution is 2.42. The highest BCUT2D eigenvalue weighted by molar-refractivity contribution is 6.19. The number of carboxylic acid groups (broad SMARTS) is 1. The molecule has 234 valence electrons. The van der Waals surface area contributed by atoms with Crippen LogP contribution in [0.2, 0.25) is 0 Å². The largest absolute Gasteiger partial charge is 0.515 e. The number of aliphatic carboxylic acids is 1. The van der Waals surface area contributed by atoms with Gasteiger partial charge in [-0.2, -0.15) is 0 Å². The van der Waals surface area contributed by atoms with E-state index >= 15 is 0 Å². The van der Waals surface area contributed by atoms with E-state index in [0.717, 1.165) is 45.7 Å². The van der Waals surface area contributed by atoms with Crippen molar-refractivity contribution < 1.29 is 29.3 Å². The van der Waals surface area contributed by atoms with Gasteiger partial charge in [-0.05, 0) is 73.1 Å². The van der Waals surface area contributed by atoms with Gasteiger partial charge in [0.25, 0.3) is 0 Å². The third-order valence-corrected chi connectivity index (χ3v) is 9.88. The van der Waals surface area contributed by atoms with Crippen molar-refractivity contribution >= 4 is 53.9 Å². The van der Waals surface area contributed by atoms with Crippen LogP contribution in [0, 0.1) is 31.6 Å². The summed E-state index contributed by atoms with van der Waals surface area (Å²) in [4.78, 5) is 49.5. The molecule has 0 saturated carbocycles. The smallest absolute Gasteiger partial charge is 0.320 e. The molecular formula is C35H38N4O6. The lowest BCUT2D eigenvalue weighted by Crippen LogP contribution is -2.38. The predicted octanol–water partition coefficient (Wildman–Crippen LogP) is 2.03. The monoisotopic (exact) mass is 610 g/mol. The number of carbonyl (C=O) groups excluding carboxylic acids is 2. The summed E-state index contributed by atoms with van der Waals surface area (Å²) in [5.41, 5.74) is 7.78. The van der Waals surface area contributed by atoms with E-state index < -0.39 is 23.9 Å². The molecular weight excluding hydrogens is 572 g/mol. The Hall–Kier alpha value is -4.99. The van der Waals surface area contributed by atoms with Gasteiger partial charge in [-0.25, -0.2) is 0 Å². The third-order valence-electron chi connectivity index (χ3n) is 9.88. The number of esters is 1. The first-order valence-electron chi connectivity index (χ1n) is 15.2. The quantitative estimate of drug-likeness (QED) is 0.184. The summed E-state index contributed by atoms with van der Waals surface area (Å²) in [6.45, 7) is 12.0. The van der Waals surface area contributed by atoms with Gasteiger partial charge in [0.05, 0.1) is 30.1 Å². The summed E-state index contributed by atoms with van der Waals surface area (Å²) >= 11 is 0. The number of ketones is 1. The van der Waals surface area contributed by atoms with Gasteiger partial charge in [-0.15, -0.1) is 0 Å². The van der Waals surface area contributed by atoms with E-state index in [4.69, 9.17) is 4.74 Å². The maximum absolute atomic E-state index is 14.0. The van der Waals surface area contributed by atoms with Crippen molar-refractivity contribution in [2.45, 2.75) is 53.0 Å². The van der Waals surface area contributed by atoms with Crippen LogP contribution in [-0.2, 0) is 20.7 Å². The number of ether oxygens (including phenoxy) is 1. The van der Waals surface area contributed by atoms with Crippen molar-refractivity contribution in [2.75, 3.05) is 7.11 Å². The Balaban J connectivity index is 1.75. The second kappa shape index (κ2) is 11.2. The molecule has 1 saturated heterocycles. The van der Waals surface area contributed by atoms with Crippen molar-refractivity contribution in [1.82, 2.24) is 20.3 Å². The minimum Gasteiger partial charge on any atom is -0.515 e. The summed E-state index contributed by atoms with van der Waals surface area (Å²) in [6.07, 6.45) is 9.73. The lowest BCUT2D eigenvalue weighted by atomic mass is 9.80. The summed E-state index contributed by atoms with van der Waals surface area (Å²) in [6, 6.07) is -0.502. The normalized spacial score (nSPS) is 24.7. The molecule has 0 radical (unpaired) electrons. The van der Waals surface area contributed by atoms with E-state index in [1.807, 2.05) is 45.9 Å². The number of aromatic amines is 3. The molecule has 3 aromatic rings. The molecule has 10 nitrogen and oxygen atoms in total. The molecule has 0 spiro atoms. The van der Waals surface area contributed by atoms with Gasteiger partial charge in [-0.3, -0.25) is 14.4 Å². The fourth-order valence-electron chi connectivity index (χ4n) is 7.50. The van der Waals surface area contributed by atoms with Crippen LogP contribution < -0.4 is 26.6 Å². The Labute approximate surface area is 259 Å². The summed E-state index contributed by atoms with van der Waals surface area (Å²) in [5.74, 6) is -3.39. The lowest BCUT2D eigenvalue weighted by Gasteiger charge is -2.25. The number of aliphatic hydroxyl groups excluding tert-OH is 1. The number of aromatic nitrogens is 3. The van der Waals surface area contributed by atoms with E-state index in [1.165, 1.54) is 7.11 Å². The van der Waals surface area contributed by atoms with Crippen LogP contribution in [0.1, 0.15) is 76.4 Å². The molecule has 1 aliphatic carbocycles. The van der Waals surface area contributed by atoms with Crippen molar-refractivity contribution in [2.24, 2.45) is 17.8 Å². The number of hydrogen-bond acceptors (Lipinski definition) is 6. The summed E-state index contributed by atoms with van der Waals surface area (Å²) in [5, 5.41) is 26.2.